The van der Waals surface area contributed by atoms with Crippen LogP contribution in [0, 0.1) is 0 Å². The zero-order valence-corrected chi connectivity index (χ0v) is 11.2. The lowest BCUT2D eigenvalue weighted by molar-refractivity contribution is 0.798. The number of imidazole rings is 1. The Morgan fingerprint density at radius 1 is 1.35 bits per heavy atom. The number of rotatable bonds is 2. The maximum Gasteiger partial charge on any atom is 0.326 e. The Hall–Kier alpha value is -1.33. The first-order chi connectivity index (χ1) is 8.24. The second kappa shape index (κ2) is 4.16. The van der Waals surface area contributed by atoms with E-state index in [-0.39, 0.29) is 5.69 Å². The maximum absolute atomic E-state index is 11.9. The number of aromatic nitrogens is 2. The van der Waals surface area contributed by atoms with Gasteiger partial charge in [-0.15, -0.1) is 11.3 Å². The Kier molecular flexibility index (Phi) is 2.64. The van der Waals surface area contributed by atoms with Crippen LogP contribution < -0.4 is 5.69 Å². The van der Waals surface area contributed by atoms with Crippen LogP contribution in [-0.2, 0) is 6.54 Å². The smallest absolute Gasteiger partial charge is 0.306 e. The predicted octanol–water partition coefficient (Wildman–Crippen LogP) is 3.20. The van der Waals surface area contributed by atoms with Gasteiger partial charge in [0.05, 0.1) is 17.6 Å². The molecule has 1 N–H and O–H groups in total. The molecular weight excluding hydrogens is 300 g/mol. The molecule has 0 fully saturated rings. The van der Waals surface area contributed by atoms with Gasteiger partial charge in [-0.25, -0.2) is 4.79 Å². The molecule has 3 aromatic rings. The third-order valence-electron chi connectivity index (χ3n) is 2.63. The Balaban J connectivity index is 2.17. The van der Waals surface area contributed by atoms with Gasteiger partial charge in [0.2, 0.25) is 0 Å². The largest absolute Gasteiger partial charge is 0.326 e. The molecule has 2 heterocycles. The lowest BCUT2D eigenvalue weighted by Crippen LogP contribution is -2.16. The third kappa shape index (κ3) is 1.96. The molecule has 1 aromatic carbocycles. The summed E-state index contributed by atoms with van der Waals surface area (Å²) >= 11 is 5.08. The van der Waals surface area contributed by atoms with Crippen molar-refractivity contribution in [3.8, 4) is 0 Å². The normalized spacial score (nSPS) is 11.1. The molecule has 0 spiro atoms. The summed E-state index contributed by atoms with van der Waals surface area (Å²) in [5.41, 5.74) is 1.74. The number of halogens is 1. The molecule has 0 bridgehead atoms. The van der Waals surface area contributed by atoms with Crippen molar-refractivity contribution in [1.29, 1.82) is 0 Å². The number of nitrogens with zero attached hydrogens (tertiary/aromatic N) is 1. The monoisotopic (exact) mass is 308 g/mol. The summed E-state index contributed by atoms with van der Waals surface area (Å²) in [7, 11) is 0. The van der Waals surface area contributed by atoms with Crippen LogP contribution >= 0.6 is 27.3 Å². The van der Waals surface area contributed by atoms with Gasteiger partial charge in [-0.3, -0.25) is 4.57 Å². The molecular formula is C12H9BrN2OS. The van der Waals surface area contributed by atoms with Crippen molar-refractivity contribution < 1.29 is 0 Å². The fourth-order valence-electron chi connectivity index (χ4n) is 1.84. The Bertz CT molecular complexity index is 712. The van der Waals surface area contributed by atoms with Crippen LogP contribution in [0.5, 0.6) is 0 Å². The van der Waals surface area contributed by atoms with E-state index in [1.54, 1.807) is 15.9 Å². The Labute approximate surface area is 110 Å². The summed E-state index contributed by atoms with van der Waals surface area (Å²) in [6.07, 6.45) is 0. The topological polar surface area (TPSA) is 37.8 Å². The van der Waals surface area contributed by atoms with E-state index in [1.807, 2.05) is 35.7 Å². The summed E-state index contributed by atoms with van der Waals surface area (Å²) in [4.78, 5) is 15.9. The molecule has 0 aliphatic heterocycles. The zero-order chi connectivity index (χ0) is 11.8. The van der Waals surface area contributed by atoms with E-state index >= 15 is 0 Å². The quantitative estimate of drug-likeness (QED) is 0.775. The summed E-state index contributed by atoms with van der Waals surface area (Å²) in [6.45, 7) is 0.618. The number of hydrogen-bond donors (Lipinski definition) is 1. The summed E-state index contributed by atoms with van der Waals surface area (Å²) in [5, 5.41) is 2.02. The van der Waals surface area contributed by atoms with Gasteiger partial charge in [-0.1, -0.05) is 22.0 Å². The molecule has 5 heteroatoms. The molecule has 0 aliphatic carbocycles. The van der Waals surface area contributed by atoms with Crippen molar-refractivity contribution in [3.63, 3.8) is 0 Å². The first-order valence-electron chi connectivity index (χ1n) is 5.14. The van der Waals surface area contributed by atoms with Crippen molar-refractivity contribution in [2.45, 2.75) is 6.54 Å². The number of fused-ring (bicyclic) bond motifs is 1. The van der Waals surface area contributed by atoms with Gasteiger partial charge in [0.15, 0.2) is 0 Å². The van der Waals surface area contributed by atoms with Gasteiger partial charge in [-0.05, 0) is 29.6 Å². The van der Waals surface area contributed by atoms with Gasteiger partial charge in [0.25, 0.3) is 0 Å². The second-order valence-electron chi connectivity index (χ2n) is 3.76. The first kappa shape index (κ1) is 10.8. The van der Waals surface area contributed by atoms with Crippen LogP contribution in [0.4, 0.5) is 0 Å². The molecule has 0 atom stereocenters. The fraction of sp³-hybridized carbons (Fsp3) is 0.0833. The van der Waals surface area contributed by atoms with Gasteiger partial charge in [0, 0.05) is 9.35 Å². The minimum atomic E-state index is -0.0634. The average molecular weight is 309 g/mol. The molecule has 0 amide bonds. The lowest BCUT2D eigenvalue weighted by Gasteiger charge is -2.01. The van der Waals surface area contributed by atoms with Gasteiger partial charge in [0.1, 0.15) is 0 Å². The lowest BCUT2D eigenvalue weighted by atomic mass is 10.3. The molecule has 2 aromatic heterocycles. The molecule has 86 valence electrons. The number of aromatic amines is 1. The number of nitrogens with one attached hydrogen (secondary N) is 1. The Morgan fingerprint density at radius 2 is 2.24 bits per heavy atom. The number of hydrogen-bond acceptors (Lipinski definition) is 2. The SMILES string of the molecule is O=c1[nH]c2ccc(Br)cc2n1Cc1cccs1. The first-order valence-corrected chi connectivity index (χ1v) is 6.82. The number of benzene rings is 1. The molecule has 3 rings (SSSR count). The molecule has 0 unspecified atom stereocenters. The van der Waals surface area contributed by atoms with Crippen molar-refractivity contribution in [1.82, 2.24) is 9.55 Å². The van der Waals surface area contributed by atoms with E-state index in [9.17, 15) is 4.79 Å². The van der Waals surface area contributed by atoms with Gasteiger partial charge < -0.3 is 4.98 Å². The standard InChI is InChI=1S/C12H9BrN2OS/c13-8-3-4-10-11(6-8)15(12(16)14-10)7-9-2-1-5-17-9/h1-6H,7H2,(H,14,16). The van der Waals surface area contributed by atoms with E-state index in [0.29, 0.717) is 6.54 Å². The third-order valence-corrected chi connectivity index (χ3v) is 3.99. The maximum atomic E-state index is 11.9. The van der Waals surface area contributed by atoms with Crippen LogP contribution in [0.15, 0.2) is 45.0 Å². The molecule has 0 saturated heterocycles. The minimum Gasteiger partial charge on any atom is -0.306 e. The summed E-state index contributed by atoms with van der Waals surface area (Å²) in [5.74, 6) is 0. The van der Waals surface area contributed by atoms with E-state index in [1.165, 1.54) is 4.88 Å². The van der Waals surface area contributed by atoms with E-state index in [2.05, 4.69) is 20.9 Å². The highest BCUT2D eigenvalue weighted by Gasteiger charge is 2.07. The highest BCUT2D eigenvalue weighted by atomic mass is 79.9. The molecule has 0 aliphatic rings. The highest BCUT2D eigenvalue weighted by Crippen LogP contribution is 2.19. The number of H-pyrrole nitrogens is 1. The molecule has 0 radical (unpaired) electrons. The van der Waals surface area contributed by atoms with Crippen molar-refractivity contribution >= 4 is 38.3 Å². The van der Waals surface area contributed by atoms with Crippen molar-refractivity contribution in [2.75, 3.05) is 0 Å². The van der Waals surface area contributed by atoms with Gasteiger partial charge in [-0.2, -0.15) is 0 Å². The zero-order valence-electron chi connectivity index (χ0n) is 8.81. The van der Waals surface area contributed by atoms with Crippen LogP contribution in [-0.4, -0.2) is 9.55 Å². The van der Waals surface area contributed by atoms with E-state index in [4.69, 9.17) is 0 Å². The minimum absolute atomic E-state index is 0.0634. The predicted molar refractivity (Wildman–Crippen MR) is 73.7 cm³/mol. The van der Waals surface area contributed by atoms with Crippen molar-refractivity contribution in [2.24, 2.45) is 0 Å². The van der Waals surface area contributed by atoms with Crippen molar-refractivity contribution in [3.05, 3.63) is 55.5 Å². The summed E-state index contributed by atoms with van der Waals surface area (Å²) in [6, 6.07) is 9.82. The van der Waals surface area contributed by atoms with Crippen LogP contribution in [0.25, 0.3) is 11.0 Å². The summed E-state index contributed by atoms with van der Waals surface area (Å²) < 4.78 is 2.73. The van der Waals surface area contributed by atoms with Gasteiger partial charge >= 0.3 is 5.69 Å². The molecule has 3 nitrogen and oxygen atoms in total. The Morgan fingerprint density at radius 3 is 3.00 bits per heavy atom. The van der Waals surface area contributed by atoms with E-state index < -0.39 is 0 Å². The fourth-order valence-corrected chi connectivity index (χ4v) is 2.88. The van der Waals surface area contributed by atoms with Crippen LogP contribution in [0.1, 0.15) is 4.88 Å². The van der Waals surface area contributed by atoms with Crippen LogP contribution in [0.2, 0.25) is 0 Å². The highest BCUT2D eigenvalue weighted by molar-refractivity contribution is 9.10. The molecule has 0 saturated carbocycles. The second-order valence-corrected chi connectivity index (χ2v) is 5.71. The average Bonchev–Trinajstić information content (AvgIpc) is 2.90. The number of thiophene rings is 1. The van der Waals surface area contributed by atoms with Crippen LogP contribution in [0.3, 0.4) is 0 Å². The van der Waals surface area contributed by atoms with E-state index in [0.717, 1.165) is 15.5 Å². The molecule has 17 heavy (non-hydrogen) atoms.